The maximum atomic E-state index is 11.9. The Morgan fingerprint density at radius 2 is 2.10 bits per heavy atom. The summed E-state index contributed by atoms with van der Waals surface area (Å²) in [5.41, 5.74) is 0.304. The van der Waals surface area contributed by atoms with E-state index in [4.69, 9.17) is 18.9 Å². The lowest BCUT2D eigenvalue weighted by atomic mass is 10.0. The molecule has 0 bridgehead atoms. The van der Waals surface area contributed by atoms with Crippen LogP contribution in [0.3, 0.4) is 0 Å². The minimum Gasteiger partial charge on any atom is -0.469 e. The first kappa shape index (κ1) is 23.4. The summed E-state index contributed by atoms with van der Waals surface area (Å²) >= 11 is 0. The number of nitrogens with one attached hydrogen (secondary N) is 2. The first-order chi connectivity index (χ1) is 15.1. The summed E-state index contributed by atoms with van der Waals surface area (Å²) in [5, 5.41) is 7.06. The van der Waals surface area contributed by atoms with Gasteiger partial charge in [-0.1, -0.05) is 0 Å². The van der Waals surface area contributed by atoms with Gasteiger partial charge in [-0.2, -0.15) is 0 Å². The van der Waals surface area contributed by atoms with Crippen LogP contribution in [0.1, 0.15) is 51.7 Å². The second-order valence-electron chi connectivity index (χ2n) is 8.47. The zero-order chi connectivity index (χ0) is 21.9. The summed E-state index contributed by atoms with van der Waals surface area (Å²) in [5.74, 6) is 1.81. The van der Waals surface area contributed by atoms with Gasteiger partial charge in [0.15, 0.2) is 5.96 Å². The Labute approximate surface area is 185 Å². The fraction of sp³-hybridized carbons (Fsp3) is 0.739. The van der Waals surface area contributed by atoms with Crippen molar-refractivity contribution in [2.24, 2.45) is 10.4 Å². The van der Waals surface area contributed by atoms with Crippen molar-refractivity contribution in [3.05, 3.63) is 24.2 Å². The third-order valence-electron chi connectivity index (χ3n) is 6.12. The molecule has 1 aliphatic heterocycles. The van der Waals surface area contributed by atoms with E-state index in [-0.39, 0.29) is 6.09 Å². The summed E-state index contributed by atoms with van der Waals surface area (Å²) in [6.07, 6.45) is 7.58. The number of rotatable bonds is 11. The Hall–Kier alpha value is -2.22. The number of nitrogens with zero attached hydrogens (tertiary/aromatic N) is 2. The van der Waals surface area contributed by atoms with Crippen molar-refractivity contribution < 1.29 is 18.7 Å². The van der Waals surface area contributed by atoms with Gasteiger partial charge in [-0.3, -0.25) is 4.99 Å². The van der Waals surface area contributed by atoms with Crippen molar-refractivity contribution in [1.29, 1.82) is 0 Å². The highest BCUT2D eigenvalue weighted by molar-refractivity contribution is 5.80. The molecule has 31 heavy (non-hydrogen) atoms. The second kappa shape index (κ2) is 12.0. The highest BCUT2D eigenvalue weighted by Crippen LogP contribution is 2.49. The number of ether oxygens (including phenoxy) is 2. The molecular weight excluding hydrogens is 396 g/mol. The van der Waals surface area contributed by atoms with Crippen molar-refractivity contribution in [3.8, 4) is 0 Å². The Balaban J connectivity index is 1.51. The number of hydrogen-bond donors (Lipinski definition) is 2. The molecule has 1 amide bonds. The van der Waals surface area contributed by atoms with Crippen LogP contribution in [-0.4, -0.2) is 69.0 Å². The van der Waals surface area contributed by atoms with Crippen molar-refractivity contribution in [2.45, 2.75) is 58.4 Å². The van der Waals surface area contributed by atoms with Crippen LogP contribution in [0.25, 0.3) is 0 Å². The molecule has 1 saturated heterocycles. The molecule has 0 aromatic carbocycles. The van der Waals surface area contributed by atoms with E-state index in [1.54, 1.807) is 11.2 Å². The Kier molecular flexibility index (Phi) is 9.06. The summed E-state index contributed by atoms with van der Waals surface area (Å²) in [7, 11) is 0. The molecular formula is C23H38N4O4. The van der Waals surface area contributed by atoms with Gasteiger partial charge in [0.05, 0.1) is 12.9 Å². The minimum atomic E-state index is -0.212. The number of likely N-dealkylation sites (tertiary alicyclic amines) is 1. The zero-order valence-electron chi connectivity index (χ0n) is 19.0. The van der Waals surface area contributed by atoms with Gasteiger partial charge < -0.3 is 29.4 Å². The molecule has 3 rings (SSSR count). The first-order valence-electron chi connectivity index (χ1n) is 11.7. The smallest absolute Gasteiger partial charge is 0.409 e. The fourth-order valence-corrected chi connectivity index (χ4v) is 3.87. The van der Waals surface area contributed by atoms with E-state index in [1.807, 2.05) is 26.0 Å². The molecule has 2 aliphatic rings. The Bertz CT molecular complexity index is 680. The number of piperidine rings is 1. The molecule has 8 nitrogen and oxygen atoms in total. The molecule has 1 aromatic rings. The normalized spacial score (nSPS) is 18.6. The molecule has 174 valence electrons. The van der Waals surface area contributed by atoms with Crippen molar-refractivity contribution in [2.75, 3.05) is 46.0 Å². The van der Waals surface area contributed by atoms with Gasteiger partial charge >= 0.3 is 6.09 Å². The SMILES string of the molecule is CCOCCC1(CN=C(NCCc2ccco2)NC2CCN(C(=O)OCC)CC2)CC1. The van der Waals surface area contributed by atoms with Gasteiger partial charge in [0, 0.05) is 51.9 Å². The topological polar surface area (TPSA) is 88.3 Å². The molecule has 8 heteroatoms. The van der Waals surface area contributed by atoms with Crippen LogP contribution < -0.4 is 10.6 Å². The number of guanidine groups is 1. The Morgan fingerprint density at radius 1 is 1.29 bits per heavy atom. The third-order valence-corrected chi connectivity index (χ3v) is 6.12. The summed E-state index contributed by atoms with van der Waals surface area (Å²) in [4.78, 5) is 18.7. The molecule has 1 saturated carbocycles. The van der Waals surface area contributed by atoms with E-state index < -0.39 is 0 Å². The molecule has 0 atom stereocenters. The summed E-state index contributed by atoms with van der Waals surface area (Å²) in [6, 6.07) is 4.19. The summed E-state index contributed by atoms with van der Waals surface area (Å²) < 4.78 is 16.1. The standard InChI is InChI=1S/C23H38N4O4/c1-3-29-17-12-23(10-11-23)18-25-21(24-13-7-20-6-5-16-31-20)26-19-8-14-27(15-9-19)22(28)30-4-2/h5-6,16,19H,3-4,7-15,17-18H2,1-2H3,(H2,24,25,26). The number of hydrogen-bond acceptors (Lipinski definition) is 5. The fourth-order valence-electron chi connectivity index (χ4n) is 3.87. The lowest BCUT2D eigenvalue weighted by molar-refractivity contribution is 0.0963. The van der Waals surface area contributed by atoms with Crippen LogP contribution in [0.15, 0.2) is 27.8 Å². The maximum absolute atomic E-state index is 11.9. The molecule has 2 N–H and O–H groups in total. The van der Waals surface area contributed by atoms with E-state index in [2.05, 4.69) is 10.6 Å². The van der Waals surface area contributed by atoms with Gasteiger partial charge in [-0.05, 0) is 63.5 Å². The highest BCUT2D eigenvalue weighted by atomic mass is 16.6. The quantitative estimate of drug-likeness (QED) is 0.316. The van der Waals surface area contributed by atoms with Gasteiger partial charge in [-0.15, -0.1) is 0 Å². The van der Waals surface area contributed by atoms with Gasteiger partial charge in [0.1, 0.15) is 5.76 Å². The zero-order valence-corrected chi connectivity index (χ0v) is 19.0. The van der Waals surface area contributed by atoms with Crippen molar-refractivity contribution >= 4 is 12.1 Å². The molecule has 0 spiro atoms. The van der Waals surface area contributed by atoms with E-state index in [0.29, 0.717) is 31.2 Å². The minimum absolute atomic E-state index is 0.212. The Morgan fingerprint density at radius 3 is 2.74 bits per heavy atom. The molecule has 1 aromatic heterocycles. The van der Waals surface area contributed by atoms with Crippen LogP contribution in [0.2, 0.25) is 0 Å². The first-order valence-corrected chi connectivity index (χ1v) is 11.7. The maximum Gasteiger partial charge on any atom is 0.409 e. The van der Waals surface area contributed by atoms with Gasteiger partial charge in [-0.25, -0.2) is 4.79 Å². The van der Waals surface area contributed by atoms with Crippen LogP contribution in [0.5, 0.6) is 0 Å². The largest absolute Gasteiger partial charge is 0.469 e. The predicted molar refractivity (Wildman–Crippen MR) is 120 cm³/mol. The number of furan rings is 1. The van der Waals surface area contributed by atoms with Crippen LogP contribution in [-0.2, 0) is 15.9 Å². The third kappa shape index (κ3) is 7.76. The molecule has 0 unspecified atom stereocenters. The van der Waals surface area contributed by atoms with Crippen LogP contribution in [0, 0.1) is 5.41 Å². The highest BCUT2D eigenvalue weighted by Gasteiger charge is 2.42. The average Bonchev–Trinajstić information content (AvgIpc) is 3.35. The molecule has 2 fully saturated rings. The number of carbonyl (C=O) groups excluding carboxylic acids is 1. The summed E-state index contributed by atoms with van der Waals surface area (Å²) in [6.45, 7) is 8.85. The lowest BCUT2D eigenvalue weighted by Gasteiger charge is -2.32. The number of aliphatic imine (C=N–C) groups is 1. The lowest BCUT2D eigenvalue weighted by Crippen LogP contribution is -2.50. The van der Waals surface area contributed by atoms with Crippen LogP contribution >= 0.6 is 0 Å². The van der Waals surface area contributed by atoms with Crippen LogP contribution in [0.4, 0.5) is 4.79 Å². The monoisotopic (exact) mass is 434 g/mol. The van der Waals surface area contributed by atoms with E-state index in [1.165, 1.54) is 12.8 Å². The molecule has 2 heterocycles. The van der Waals surface area contributed by atoms with Gasteiger partial charge in [0.25, 0.3) is 0 Å². The number of amides is 1. The van der Waals surface area contributed by atoms with E-state index in [9.17, 15) is 4.79 Å². The van der Waals surface area contributed by atoms with Gasteiger partial charge in [0.2, 0.25) is 0 Å². The van der Waals surface area contributed by atoms with E-state index in [0.717, 1.165) is 63.7 Å². The molecule has 0 radical (unpaired) electrons. The number of carbonyl (C=O) groups is 1. The predicted octanol–water partition coefficient (Wildman–Crippen LogP) is 3.19. The average molecular weight is 435 g/mol. The van der Waals surface area contributed by atoms with Crippen molar-refractivity contribution in [1.82, 2.24) is 15.5 Å². The molecule has 1 aliphatic carbocycles. The van der Waals surface area contributed by atoms with E-state index >= 15 is 0 Å². The van der Waals surface area contributed by atoms with Crippen molar-refractivity contribution in [3.63, 3.8) is 0 Å². The second-order valence-corrected chi connectivity index (χ2v) is 8.47.